The van der Waals surface area contributed by atoms with Crippen LogP contribution in [0.1, 0.15) is 58.4 Å². The van der Waals surface area contributed by atoms with Gasteiger partial charge >= 0.3 is 5.97 Å². The van der Waals surface area contributed by atoms with Crippen LogP contribution in [-0.4, -0.2) is 50.7 Å². The highest BCUT2D eigenvalue weighted by Gasteiger charge is 2.18. The van der Waals surface area contributed by atoms with Crippen LogP contribution in [0.15, 0.2) is 36.7 Å². The third kappa shape index (κ3) is 5.66. The fraction of sp³-hybridized carbons (Fsp3) is 0.429. The zero-order chi connectivity index (χ0) is 20.8. The molecule has 0 bridgehead atoms. The maximum Gasteiger partial charge on any atom is 0.335 e. The van der Waals surface area contributed by atoms with E-state index in [-0.39, 0.29) is 30.0 Å². The first-order valence-electron chi connectivity index (χ1n) is 9.82. The van der Waals surface area contributed by atoms with Gasteiger partial charge in [0.15, 0.2) is 0 Å². The molecule has 2 N–H and O–H groups in total. The van der Waals surface area contributed by atoms with E-state index in [1.165, 1.54) is 34.3 Å². The van der Waals surface area contributed by atoms with E-state index in [0.717, 1.165) is 31.2 Å². The summed E-state index contributed by atoms with van der Waals surface area (Å²) in [7, 11) is 1.67. The number of rotatable bonds is 7. The molecular formula is C21H26N4O4. The molecule has 8 heteroatoms. The predicted molar refractivity (Wildman–Crippen MR) is 106 cm³/mol. The van der Waals surface area contributed by atoms with Crippen LogP contribution in [-0.2, 0) is 17.9 Å². The van der Waals surface area contributed by atoms with Gasteiger partial charge in [-0.3, -0.25) is 14.3 Å². The summed E-state index contributed by atoms with van der Waals surface area (Å²) in [6.45, 7) is 0.427. The molecule has 1 saturated carbocycles. The fourth-order valence-corrected chi connectivity index (χ4v) is 3.55. The number of aromatic nitrogens is 2. The molecule has 2 amide bonds. The number of benzene rings is 1. The molecule has 8 nitrogen and oxygen atoms in total. The average molecular weight is 398 g/mol. The number of carbonyl (C=O) groups excluding carboxylic acids is 2. The van der Waals surface area contributed by atoms with Gasteiger partial charge in [-0.25, -0.2) is 4.79 Å². The van der Waals surface area contributed by atoms with Crippen LogP contribution in [0.2, 0.25) is 0 Å². The molecule has 0 unspecified atom stereocenters. The topological polar surface area (TPSA) is 105 Å². The quantitative estimate of drug-likeness (QED) is 0.745. The Kier molecular flexibility index (Phi) is 6.64. The minimum atomic E-state index is -0.985. The number of nitrogens with one attached hydrogen (secondary N) is 1. The van der Waals surface area contributed by atoms with Gasteiger partial charge in [0.25, 0.3) is 5.91 Å². The van der Waals surface area contributed by atoms with E-state index in [1.807, 2.05) is 0 Å². The standard InChI is InChI=1S/C21H26N4O4/c1-24(12-15-7-9-16(10-8-15)21(28)29)20(27)17-11-22-25(13-17)14-19(26)23-18-5-3-2-4-6-18/h7-11,13,18H,2-6,12,14H2,1H3,(H,23,26)(H,28,29). The molecule has 0 atom stereocenters. The zero-order valence-electron chi connectivity index (χ0n) is 16.5. The van der Waals surface area contributed by atoms with Gasteiger partial charge in [-0.1, -0.05) is 31.4 Å². The summed E-state index contributed by atoms with van der Waals surface area (Å²) < 4.78 is 1.47. The van der Waals surface area contributed by atoms with Gasteiger partial charge in [0.2, 0.25) is 5.91 Å². The minimum absolute atomic E-state index is 0.0874. The van der Waals surface area contributed by atoms with Crippen molar-refractivity contribution in [1.29, 1.82) is 0 Å². The van der Waals surface area contributed by atoms with Crippen LogP contribution in [0.4, 0.5) is 0 Å². The van der Waals surface area contributed by atoms with E-state index in [2.05, 4.69) is 10.4 Å². The summed E-state index contributed by atoms with van der Waals surface area (Å²) in [5.74, 6) is -1.29. The summed E-state index contributed by atoms with van der Waals surface area (Å²) in [5.41, 5.74) is 1.43. The molecule has 1 aliphatic carbocycles. The van der Waals surface area contributed by atoms with E-state index in [9.17, 15) is 14.4 Å². The lowest BCUT2D eigenvalue weighted by molar-refractivity contribution is -0.122. The largest absolute Gasteiger partial charge is 0.478 e. The van der Waals surface area contributed by atoms with Crippen molar-refractivity contribution in [3.8, 4) is 0 Å². The molecule has 3 rings (SSSR count). The van der Waals surface area contributed by atoms with E-state index >= 15 is 0 Å². The number of carbonyl (C=O) groups is 3. The Morgan fingerprint density at radius 3 is 2.48 bits per heavy atom. The molecule has 2 aromatic rings. The average Bonchev–Trinajstić information content (AvgIpc) is 3.16. The monoisotopic (exact) mass is 398 g/mol. The lowest BCUT2D eigenvalue weighted by atomic mass is 9.95. The molecule has 1 aromatic heterocycles. The van der Waals surface area contributed by atoms with E-state index in [4.69, 9.17) is 5.11 Å². The lowest BCUT2D eigenvalue weighted by Gasteiger charge is -2.22. The molecule has 0 spiro atoms. The summed E-state index contributed by atoms with van der Waals surface area (Å²) in [4.78, 5) is 37.3. The highest BCUT2D eigenvalue weighted by atomic mass is 16.4. The van der Waals surface area contributed by atoms with Crippen LogP contribution >= 0.6 is 0 Å². The number of aromatic carboxylic acids is 1. The Labute approximate surface area is 169 Å². The van der Waals surface area contributed by atoms with Crippen LogP contribution in [0.25, 0.3) is 0 Å². The second-order valence-electron chi connectivity index (χ2n) is 7.49. The van der Waals surface area contributed by atoms with Crippen molar-refractivity contribution in [3.63, 3.8) is 0 Å². The van der Waals surface area contributed by atoms with Crippen molar-refractivity contribution in [2.75, 3.05) is 7.05 Å². The SMILES string of the molecule is CN(Cc1ccc(C(=O)O)cc1)C(=O)c1cnn(CC(=O)NC2CCCCC2)c1. The van der Waals surface area contributed by atoms with Gasteiger partial charge < -0.3 is 15.3 Å². The Morgan fingerprint density at radius 2 is 1.83 bits per heavy atom. The first-order valence-corrected chi connectivity index (χ1v) is 9.82. The number of hydrogen-bond donors (Lipinski definition) is 2. The van der Waals surface area contributed by atoms with Crippen LogP contribution in [0.5, 0.6) is 0 Å². The third-order valence-corrected chi connectivity index (χ3v) is 5.12. The normalized spacial score (nSPS) is 14.4. The van der Waals surface area contributed by atoms with Crippen molar-refractivity contribution in [2.45, 2.75) is 51.2 Å². The summed E-state index contributed by atoms with van der Waals surface area (Å²) in [6.07, 6.45) is 8.61. The number of hydrogen-bond acceptors (Lipinski definition) is 4. The minimum Gasteiger partial charge on any atom is -0.478 e. The van der Waals surface area contributed by atoms with Gasteiger partial charge in [0.1, 0.15) is 6.54 Å². The molecule has 1 fully saturated rings. The number of nitrogens with zero attached hydrogens (tertiary/aromatic N) is 3. The second kappa shape index (κ2) is 9.36. The smallest absolute Gasteiger partial charge is 0.335 e. The van der Waals surface area contributed by atoms with E-state index in [0.29, 0.717) is 12.1 Å². The molecule has 1 heterocycles. The Morgan fingerprint density at radius 1 is 1.14 bits per heavy atom. The van der Waals surface area contributed by atoms with Gasteiger partial charge in [0, 0.05) is 25.8 Å². The van der Waals surface area contributed by atoms with Crippen LogP contribution in [0, 0.1) is 0 Å². The van der Waals surface area contributed by atoms with Crippen LogP contribution in [0.3, 0.4) is 0 Å². The van der Waals surface area contributed by atoms with E-state index < -0.39 is 5.97 Å². The maximum absolute atomic E-state index is 12.6. The van der Waals surface area contributed by atoms with Crippen molar-refractivity contribution < 1.29 is 19.5 Å². The van der Waals surface area contributed by atoms with Crippen LogP contribution < -0.4 is 5.32 Å². The van der Waals surface area contributed by atoms with Gasteiger partial charge in [-0.15, -0.1) is 0 Å². The molecule has 154 valence electrons. The lowest BCUT2D eigenvalue weighted by Crippen LogP contribution is -2.38. The first kappa shape index (κ1) is 20.6. The maximum atomic E-state index is 12.6. The summed E-state index contributed by atoms with van der Waals surface area (Å²) in [5, 5.41) is 16.1. The number of carboxylic acid groups (broad SMARTS) is 1. The molecular weight excluding hydrogens is 372 g/mol. The second-order valence-corrected chi connectivity index (χ2v) is 7.49. The van der Waals surface area contributed by atoms with Crippen molar-refractivity contribution in [1.82, 2.24) is 20.0 Å². The molecule has 0 radical (unpaired) electrons. The predicted octanol–water partition coefficient (Wildman–Crippen LogP) is 2.30. The Balaban J connectivity index is 1.53. The summed E-state index contributed by atoms with van der Waals surface area (Å²) in [6, 6.07) is 6.64. The molecule has 1 aliphatic rings. The number of amides is 2. The first-order chi connectivity index (χ1) is 13.9. The Bertz CT molecular complexity index is 869. The molecule has 29 heavy (non-hydrogen) atoms. The van der Waals surface area contributed by atoms with Crippen molar-refractivity contribution in [2.24, 2.45) is 0 Å². The third-order valence-electron chi connectivity index (χ3n) is 5.12. The highest BCUT2D eigenvalue weighted by molar-refractivity contribution is 5.93. The summed E-state index contributed by atoms with van der Waals surface area (Å²) >= 11 is 0. The highest BCUT2D eigenvalue weighted by Crippen LogP contribution is 2.17. The molecule has 0 aliphatic heterocycles. The number of carboxylic acids is 1. The van der Waals surface area contributed by atoms with Gasteiger partial charge in [0.05, 0.1) is 17.3 Å². The van der Waals surface area contributed by atoms with Crippen molar-refractivity contribution in [3.05, 3.63) is 53.3 Å². The zero-order valence-corrected chi connectivity index (χ0v) is 16.5. The molecule has 0 saturated heterocycles. The fourth-order valence-electron chi connectivity index (χ4n) is 3.55. The van der Waals surface area contributed by atoms with Gasteiger partial charge in [-0.2, -0.15) is 5.10 Å². The van der Waals surface area contributed by atoms with E-state index in [1.54, 1.807) is 25.4 Å². The molecule has 1 aromatic carbocycles. The van der Waals surface area contributed by atoms with Crippen molar-refractivity contribution >= 4 is 17.8 Å². The Hall–Kier alpha value is -3.16. The van der Waals surface area contributed by atoms with Gasteiger partial charge in [-0.05, 0) is 30.5 Å².